The van der Waals surface area contributed by atoms with Gasteiger partial charge >= 0.3 is 12.0 Å². The van der Waals surface area contributed by atoms with E-state index in [-0.39, 0.29) is 18.7 Å². The minimum Gasteiger partial charge on any atom is -0.480 e. The molecule has 6 nitrogen and oxygen atoms in total. The molecule has 2 amide bonds. The van der Waals surface area contributed by atoms with Gasteiger partial charge < -0.3 is 20.1 Å². The van der Waals surface area contributed by atoms with Gasteiger partial charge in [-0.25, -0.2) is 9.59 Å². The fourth-order valence-corrected chi connectivity index (χ4v) is 2.51. The summed E-state index contributed by atoms with van der Waals surface area (Å²) in [6.45, 7) is 2.15. The highest BCUT2D eigenvalue weighted by atomic mass is 16.5. The Balaban J connectivity index is 2.53. The van der Waals surface area contributed by atoms with Gasteiger partial charge in [-0.2, -0.15) is 0 Å². The molecular formula is C13H24N2O4. The van der Waals surface area contributed by atoms with Crippen molar-refractivity contribution < 1.29 is 19.4 Å². The van der Waals surface area contributed by atoms with Crippen LogP contribution in [0.5, 0.6) is 0 Å². The Bertz CT molecular complexity index is 322. The molecule has 6 heteroatoms. The van der Waals surface area contributed by atoms with E-state index in [1.54, 1.807) is 11.9 Å². The number of amides is 2. The third-order valence-corrected chi connectivity index (χ3v) is 3.71. The fourth-order valence-electron chi connectivity index (χ4n) is 2.51. The van der Waals surface area contributed by atoms with Crippen LogP contribution >= 0.6 is 0 Å². The number of carbonyl (C=O) groups is 2. The first-order valence-corrected chi connectivity index (χ1v) is 6.70. The normalized spacial score (nSPS) is 24.6. The lowest BCUT2D eigenvalue weighted by Gasteiger charge is -2.34. The molecule has 0 aromatic heterocycles. The van der Waals surface area contributed by atoms with Gasteiger partial charge in [-0.1, -0.05) is 19.8 Å². The van der Waals surface area contributed by atoms with Crippen molar-refractivity contribution in [3.8, 4) is 0 Å². The summed E-state index contributed by atoms with van der Waals surface area (Å²) in [4.78, 5) is 24.6. The predicted octanol–water partition coefficient (Wildman–Crippen LogP) is 1.31. The smallest absolute Gasteiger partial charge is 0.328 e. The van der Waals surface area contributed by atoms with Gasteiger partial charge in [-0.3, -0.25) is 0 Å². The molecule has 1 fully saturated rings. The average molecular weight is 272 g/mol. The highest BCUT2D eigenvalue weighted by Crippen LogP contribution is 2.26. The van der Waals surface area contributed by atoms with Crippen molar-refractivity contribution in [2.24, 2.45) is 5.92 Å². The van der Waals surface area contributed by atoms with Crippen LogP contribution in [0.25, 0.3) is 0 Å². The number of urea groups is 1. The topological polar surface area (TPSA) is 78.9 Å². The number of ether oxygens (including phenoxy) is 1. The van der Waals surface area contributed by atoms with E-state index < -0.39 is 12.0 Å². The van der Waals surface area contributed by atoms with E-state index in [1.165, 1.54) is 13.5 Å². The lowest BCUT2D eigenvalue weighted by Crippen LogP contribution is -2.52. The molecular weight excluding hydrogens is 248 g/mol. The highest BCUT2D eigenvalue weighted by Gasteiger charge is 2.28. The minimum atomic E-state index is -1.08. The van der Waals surface area contributed by atoms with Gasteiger partial charge in [0.2, 0.25) is 0 Å². The van der Waals surface area contributed by atoms with Crippen molar-refractivity contribution in [1.82, 2.24) is 10.2 Å². The molecule has 0 saturated heterocycles. The van der Waals surface area contributed by atoms with Gasteiger partial charge in [0.1, 0.15) is 0 Å². The standard InChI is InChI=1S/C13H24N2O4/c1-9-5-4-6-10(7-9)15(2)13(18)14-11(8-19-3)12(16)17/h9-11H,4-8H2,1-3H3,(H,14,18)(H,16,17). The Kier molecular flexibility index (Phi) is 6.08. The van der Waals surface area contributed by atoms with Crippen LogP contribution in [0.3, 0.4) is 0 Å². The lowest BCUT2D eigenvalue weighted by molar-refractivity contribution is -0.140. The van der Waals surface area contributed by atoms with Crippen LogP contribution in [-0.2, 0) is 9.53 Å². The van der Waals surface area contributed by atoms with Gasteiger partial charge in [0.15, 0.2) is 6.04 Å². The first-order chi connectivity index (χ1) is 8.95. The Morgan fingerprint density at radius 3 is 2.68 bits per heavy atom. The Hall–Kier alpha value is -1.30. The highest BCUT2D eigenvalue weighted by molar-refractivity contribution is 5.82. The molecule has 3 atom stereocenters. The molecule has 0 aromatic rings. The molecule has 0 spiro atoms. The molecule has 0 heterocycles. The molecule has 1 saturated carbocycles. The Morgan fingerprint density at radius 1 is 1.47 bits per heavy atom. The summed E-state index contributed by atoms with van der Waals surface area (Å²) in [7, 11) is 3.14. The van der Waals surface area contributed by atoms with Crippen LogP contribution in [-0.4, -0.2) is 54.9 Å². The molecule has 0 bridgehead atoms. The van der Waals surface area contributed by atoms with Gasteiger partial charge in [0.25, 0.3) is 0 Å². The van der Waals surface area contributed by atoms with Crippen LogP contribution in [0.15, 0.2) is 0 Å². The largest absolute Gasteiger partial charge is 0.480 e. The van der Waals surface area contributed by atoms with Crippen LogP contribution in [0.4, 0.5) is 4.79 Å². The zero-order valence-electron chi connectivity index (χ0n) is 11.9. The Morgan fingerprint density at radius 2 is 2.16 bits per heavy atom. The molecule has 0 aromatic carbocycles. The number of nitrogens with zero attached hydrogens (tertiary/aromatic N) is 1. The van der Waals surface area contributed by atoms with Crippen molar-refractivity contribution >= 4 is 12.0 Å². The van der Waals surface area contributed by atoms with E-state index in [0.29, 0.717) is 5.92 Å². The van der Waals surface area contributed by atoms with Crippen LogP contribution in [0.1, 0.15) is 32.6 Å². The van der Waals surface area contributed by atoms with Crippen molar-refractivity contribution in [2.45, 2.75) is 44.7 Å². The predicted molar refractivity (Wildman–Crippen MR) is 71.0 cm³/mol. The zero-order chi connectivity index (χ0) is 14.4. The maximum Gasteiger partial charge on any atom is 0.328 e. The number of carboxylic acids is 1. The van der Waals surface area contributed by atoms with E-state index >= 15 is 0 Å². The van der Waals surface area contributed by atoms with E-state index in [4.69, 9.17) is 9.84 Å². The van der Waals surface area contributed by atoms with E-state index in [9.17, 15) is 9.59 Å². The summed E-state index contributed by atoms with van der Waals surface area (Å²) in [6, 6.07) is -1.15. The number of carboxylic acid groups (broad SMARTS) is 1. The third kappa shape index (κ3) is 4.70. The van der Waals surface area contributed by atoms with Crippen LogP contribution in [0, 0.1) is 5.92 Å². The second kappa shape index (κ2) is 7.33. The molecule has 0 aliphatic heterocycles. The van der Waals surface area contributed by atoms with Gasteiger partial charge in [-0.05, 0) is 18.8 Å². The number of carbonyl (C=O) groups excluding carboxylic acids is 1. The van der Waals surface area contributed by atoms with Gasteiger partial charge in [-0.15, -0.1) is 0 Å². The lowest BCUT2D eigenvalue weighted by atomic mass is 9.86. The maximum absolute atomic E-state index is 12.0. The number of hydrogen-bond donors (Lipinski definition) is 2. The van der Waals surface area contributed by atoms with Crippen LogP contribution < -0.4 is 5.32 Å². The second-order valence-corrected chi connectivity index (χ2v) is 5.33. The molecule has 2 N–H and O–H groups in total. The number of nitrogens with one attached hydrogen (secondary N) is 1. The minimum absolute atomic E-state index is 0.0318. The Labute approximate surface area is 114 Å². The summed E-state index contributed by atoms with van der Waals surface area (Å²) in [5.41, 5.74) is 0. The van der Waals surface area contributed by atoms with E-state index in [0.717, 1.165) is 19.3 Å². The summed E-state index contributed by atoms with van der Waals surface area (Å²) in [6.07, 6.45) is 4.28. The zero-order valence-corrected chi connectivity index (χ0v) is 11.9. The number of aliphatic carboxylic acids is 1. The first-order valence-electron chi connectivity index (χ1n) is 6.70. The molecule has 0 radical (unpaired) electrons. The quantitative estimate of drug-likeness (QED) is 0.791. The second-order valence-electron chi connectivity index (χ2n) is 5.33. The molecule has 1 rings (SSSR count). The molecule has 1 aliphatic rings. The summed E-state index contributed by atoms with van der Waals surface area (Å²) in [5, 5.41) is 11.5. The van der Waals surface area contributed by atoms with Gasteiger partial charge in [0.05, 0.1) is 6.61 Å². The SMILES string of the molecule is COCC(NC(=O)N(C)C1CCCC(C)C1)C(=O)O. The van der Waals surface area contributed by atoms with Crippen molar-refractivity contribution in [3.05, 3.63) is 0 Å². The summed E-state index contributed by atoms with van der Waals surface area (Å²) in [5.74, 6) is -0.469. The molecule has 110 valence electrons. The van der Waals surface area contributed by atoms with Gasteiger partial charge in [0, 0.05) is 20.2 Å². The molecule has 3 unspecified atom stereocenters. The monoisotopic (exact) mass is 272 g/mol. The van der Waals surface area contributed by atoms with Crippen molar-refractivity contribution in [3.63, 3.8) is 0 Å². The molecule has 1 aliphatic carbocycles. The van der Waals surface area contributed by atoms with E-state index in [2.05, 4.69) is 12.2 Å². The number of hydrogen-bond acceptors (Lipinski definition) is 3. The average Bonchev–Trinajstić information content (AvgIpc) is 2.37. The number of methoxy groups -OCH3 is 1. The first kappa shape index (κ1) is 15.8. The van der Waals surface area contributed by atoms with Crippen LogP contribution in [0.2, 0.25) is 0 Å². The fraction of sp³-hybridized carbons (Fsp3) is 0.846. The summed E-state index contributed by atoms with van der Waals surface area (Å²) < 4.78 is 4.79. The molecule has 19 heavy (non-hydrogen) atoms. The summed E-state index contributed by atoms with van der Waals surface area (Å²) >= 11 is 0. The van der Waals surface area contributed by atoms with E-state index in [1.807, 2.05) is 0 Å². The number of rotatable bonds is 5. The van der Waals surface area contributed by atoms with Crippen molar-refractivity contribution in [2.75, 3.05) is 20.8 Å². The van der Waals surface area contributed by atoms with Crippen molar-refractivity contribution in [1.29, 1.82) is 0 Å². The maximum atomic E-state index is 12.0. The third-order valence-electron chi connectivity index (χ3n) is 3.71.